The van der Waals surface area contributed by atoms with Crippen molar-refractivity contribution in [3.8, 4) is 0 Å². The van der Waals surface area contributed by atoms with Crippen LogP contribution in [0, 0.1) is 0 Å². The maximum absolute atomic E-state index is 12.9. The lowest BCUT2D eigenvalue weighted by molar-refractivity contribution is -0.115. The van der Waals surface area contributed by atoms with Gasteiger partial charge >= 0.3 is 6.09 Å². The molecule has 33 heavy (non-hydrogen) atoms. The van der Waals surface area contributed by atoms with Gasteiger partial charge in [0.15, 0.2) is 15.9 Å². The fraction of sp³-hybridized carbons (Fsp3) is 0.182. The minimum Gasteiger partial charge on any atom is -0.450 e. The summed E-state index contributed by atoms with van der Waals surface area (Å²) in [7, 11) is 0. The molecule has 2 aromatic carbocycles. The highest BCUT2D eigenvalue weighted by molar-refractivity contribution is 8.02. The van der Waals surface area contributed by atoms with Crippen molar-refractivity contribution in [1.29, 1.82) is 0 Å². The molecule has 1 heterocycles. The molecule has 168 valence electrons. The molecular formula is C22H18N4O5S2. The number of fused-ring (bicyclic) bond motifs is 2. The van der Waals surface area contributed by atoms with Gasteiger partial charge in [-0.15, -0.1) is 10.2 Å². The number of hydrogen-bond acceptors (Lipinski definition) is 9. The number of carbonyl (C=O) groups is 4. The highest BCUT2D eigenvalue weighted by Crippen LogP contribution is 2.31. The molecule has 1 unspecified atom stereocenters. The van der Waals surface area contributed by atoms with Crippen LogP contribution in [0.3, 0.4) is 0 Å². The maximum atomic E-state index is 12.9. The van der Waals surface area contributed by atoms with E-state index in [9.17, 15) is 19.2 Å². The van der Waals surface area contributed by atoms with Crippen molar-refractivity contribution in [2.45, 2.75) is 23.4 Å². The van der Waals surface area contributed by atoms with E-state index in [1.54, 1.807) is 50.2 Å². The average Bonchev–Trinajstić information content (AvgIpc) is 3.24. The Labute approximate surface area is 196 Å². The minimum absolute atomic E-state index is 0.217. The van der Waals surface area contributed by atoms with Gasteiger partial charge in [-0.2, -0.15) is 0 Å². The number of thioether (sulfide) groups is 1. The predicted molar refractivity (Wildman–Crippen MR) is 124 cm³/mol. The summed E-state index contributed by atoms with van der Waals surface area (Å²) in [6.07, 6.45) is -0.626. The third-order valence-electron chi connectivity index (χ3n) is 4.73. The number of carbonyl (C=O) groups excluding carboxylic acids is 4. The van der Waals surface area contributed by atoms with Gasteiger partial charge in [0.25, 0.3) is 0 Å². The Hall–Kier alpha value is -3.57. The summed E-state index contributed by atoms with van der Waals surface area (Å²) in [6, 6.07) is 11.4. The monoisotopic (exact) mass is 482 g/mol. The summed E-state index contributed by atoms with van der Waals surface area (Å²) in [5.74, 6) is -0.787. The largest absolute Gasteiger partial charge is 0.450 e. The van der Waals surface area contributed by atoms with Crippen molar-refractivity contribution in [3.63, 3.8) is 0 Å². The first kappa shape index (κ1) is 22.6. The van der Waals surface area contributed by atoms with Crippen molar-refractivity contribution in [2.24, 2.45) is 0 Å². The number of ether oxygens (including phenoxy) is 1. The lowest BCUT2D eigenvalue weighted by Crippen LogP contribution is -2.24. The van der Waals surface area contributed by atoms with Gasteiger partial charge in [0.2, 0.25) is 11.0 Å². The van der Waals surface area contributed by atoms with Gasteiger partial charge in [-0.3, -0.25) is 19.7 Å². The number of amides is 2. The molecule has 0 saturated carbocycles. The first-order valence-corrected chi connectivity index (χ1v) is 11.6. The standard InChI is InChI=1S/C22H18N4O5S2/c1-3-31-21(30)24-20-25-26-22(33-20)32-11(2)19(29)23-12-8-9-15-16(10-12)18(28)14-7-5-4-6-13(14)17(15)27/h4-11H,3H2,1-2H3,(H,23,29)(H,24,25,30). The van der Waals surface area contributed by atoms with E-state index in [1.165, 1.54) is 17.8 Å². The first-order valence-electron chi connectivity index (χ1n) is 9.94. The SMILES string of the molecule is CCOC(=O)Nc1nnc(SC(C)C(=O)Nc2ccc3c(c2)C(=O)c2ccccc2C3=O)s1. The summed E-state index contributed by atoms with van der Waals surface area (Å²) in [6.45, 7) is 3.62. The molecule has 11 heteroatoms. The van der Waals surface area contributed by atoms with Crippen LogP contribution in [-0.4, -0.2) is 45.6 Å². The maximum Gasteiger partial charge on any atom is 0.413 e. The fourth-order valence-corrected chi connectivity index (χ4v) is 5.07. The number of nitrogens with one attached hydrogen (secondary N) is 2. The molecule has 9 nitrogen and oxygen atoms in total. The smallest absolute Gasteiger partial charge is 0.413 e. The summed E-state index contributed by atoms with van der Waals surface area (Å²) >= 11 is 2.29. The zero-order valence-electron chi connectivity index (χ0n) is 17.6. The predicted octanol–water partition coefficient (Wildman–Crippen LogP) is 4.00. The Balaban J connectivity index is 1.43. The number of anilines is 2. The summed E-state index contributed by atoms with van der Waals surface area (Å²) < 4.78 is 5.28. The number of hydrogen-bond donors (Lipinski definition) is 2. The van der Waals surface area contributed by atoms with Gasteiger partial charge in [0, 0.05) is 27.9 Å². The van der Waals surface area contributed by atoms with E-state index in [0.29, 0.717) is 26.7 Å². The second-order valence-corrected chi connectivity index (χ2v) is 9.50. The van der Waals surface area contributed by atoms with Crippen molar-refractivity contribution in [1.82, 2.24) is 10.2 Å². The van der Waals surface area contributed by atoms with Crippen molar-refractivity contribution in [2.75, 3.05) is 17.2 Å². The molecule has 1 aliphatic carbocycles. The fourth-order valence-electron chi connectivity index (χ4n) is 3.19. The molecule has 2 amide bonds. The van der Waals surface area contributed by atoms with Gasteiger partial charge in [-0.1, -0.05) is 47.4 Å². The Kier molecular flexibility index (Phi) is 6.52. The Bertz CT molecular complexity index is 1270. The first-order chi connectivity index (χ1) is 15.9. The molecule has 2 N–H and O–H groups in total. The molecule has 0 saturated heterocycles. The van der Waals surface area contributed by atoms with Crippen LogP contribution in [0.5, 0.6) is 0 Å². The summed E-state index contributed by atoms with van der Waals surface area (Å²) in [5.41, 5.74) is 1.72. The van der Waals surface area contributed by atoms with Crippen molar-refractivity contribution >= 4 is 57.5 Å². The highest BCUT2D eigenvalue weighted by Gasteiger charge is 2.29. The third kappa shape index (κ3) is 4.78. The minimum atomic E-state index is -0.626. The molecule has 1 aromatic heterocycles. The Morgan fingerprint density at radius 1 is 1.00 bits per heavy atom. The molecule has 0 bridgehead atoms. The average molecular weight is 483 g/mol. The molecule has 1 atom stereocenters. The van der Waals surface area contributed by atoms with Crippen LogP contribution in [-0.2, 0) is 9.53 Å². The molecule has 0 aliphatic heterocycles. The number of rotatable bonds is 6. The van der Waals surface area contributed by atoms with Gasteiger partial charge < -0.3 is 10.1 Å². The molecule has 4 rings (SSSR count). The van der Waals surface area contributed by atoms with Gasteiger partial charge in [0.1, 0.15) is 0 Å². The summed E-state index contributed by atoms with van der Waals surface area (Å²) in [5, 5.41) is 12.8. The second-order valence-electron chi connectivity index (χ2n) is 6.93. The molecule has 3 aromatic rings. The highest BCUT2D eigenvalue weighted by atomic mass is 32.2. The number of nitrogens with zero attached hydrogens (tertiary/aromatic N) is 2. The lowest BCUT2D eigenvalue weighted by atomic mass is 9.84. The van der Waals surface area contributed by atoms with Gasteiger partial charge in [0.05, 0.1) is 11.9 Å². The van der Waals surface area contributed by atoms with E-state index in [0.717, 1.165) is 11.3 Å². The molecule has 0 spiro atoms. The third-order valence-corrected chi connectivity index (χ3v) is 6.75. The molecule has 1 aliphatic rings. The number of aromatic nitrogens is 2. The van der Waals surface area contributed by atoms with Gasteiger partial charge in [-0.25, -0.2) is 4.79 Å². The van der Waals surface area contributed by atoms with E-state index < -0.39 is 11.3 Å². The normalized spacial score (nSPS) is 13.0. The quantitative estimate of drug-likeness (QED) is 0.312. The lowest BCUT2D eigenvalue weighted by Gasteiger charge is -2.18. The van der Waals surface area contributed by atoms with Crippen LogP contribution in [0.4, 0.5) is 15.6 Å². The second kappa shape index (κ2) is 9.51. The van der Waals surface area contributed by atoms with E-state index in [1.807, 2.05) is 0 Å². The zero-order chi connectivity index (χ0) is 23.5. The van der Waals surface area contributed by atoms with Gasteiger partial charge in [-0.05, 0) is 32.0 Å². The Morgan fingerprint density at radius 2 is 1.67 bits per heavy atom. The number of benzene rings is 2. The van der Waals surface area contributed by atoms with Crippen LogP contribution in [0.1, 0.15) is 45.7 Å². The molecule has 0 fully saturated rings. The van der Waals surface area contributed by atoms with E-state index in [2.05, 4.69) is 20.8 Å². The summed E-state index contributed by atoms with van der Waals surface area (Å²) in [4.78, 5) is 49.7. The van der Waals surface area contributed by atoms with Crippen molar-refractivity contribution < 1.29 is 23.9 Å². The van der Waals surface area contributed by atoms with Crippen molar-refractivity contribution in [3.05, 3.63) is 64.7 Å². The topological polar surface area (TPSA) is 127 Å². The van der Waals surface area contributed by atoms with Crippen LogP contribution in [0.15, 0.2) is 46.8 Å². The van der Waals surface area contributed by atoms with Crippen LogP contribution < -0.4 is 10.6 Å². The number of ketones is 2. The zero-order valence-corrected chi connectivity index (χ0v) is 19.2. The van der Waals surface area contributed by atoms with E-state index in [-0.39, 0.29) is 34.8 Å². The van der Waals surface area contributed by atoms with Crippen LogP contribution in [0.25, 0.3) is 0 Å². The van der Waals surface area contributed by atoms with Crippen LogP contribution in [0.2, 0.25) is 0 Å². The molecule has 0 radical (unpaired) electrons. The van der Waals surface area contributed by atoms with Crippen LogP contribution >= 0.6 is 23.1 Å². The van der Waals surface area contributed by atoms with E-state index >= 15 is 0 Å². The Morgan fingerprint density at radius 3 is 2.36 bits per heavy atom. The van der Waals surface area contributed by atoms with E-state index in [4.69, 9.17) is 4.74 Å². The molecular weight excluding hydrogens is 464 g/mol.